The Morgan fingerprint density at radius 1 is 0.808 bits per heavy atom. The highest BCUT2D eigenvalue weighted by Gasteiger charge is 2.40. The second-order valence-corrected chi connectivity index (χ2v) is 8.43. The SMILES string of the molecule is N[C@H]1C[C@@H]1c1ccc(C2CC(N[C@@H]3C[C@H]3c3ccccc3)CCN2)cc1. The summed E-state index contributed by atoms with van der Waals surface area (Å²) in [7, 11) is 0. The van der Waals surface area contributed by atoms with Gasteiger partial charge in [0.05, 0.1) is 0 Å². The monoisotopic (exact) mass is 347 g/mol. The van der Waals surface area contributed by atoms with Crippen LogP contribution in [0.5, 0.6) is 0 Å². The van der Waals surface area contributed by atoms with Crippen LogP contribution in [0.25, 0.3) is 0 Å². The van der Waals surface area contributed by atoms with Gasteiger partial charge in [-0.2, -0.15) is 0 Å². The molecule has 0 radical (unpaired) electrons. The fourth-order valence-electron chi connectivity index (χ4n) is 4.65. The van der Waals surface area contributed by atoms with Crippen LogP contribution in [0.2, 0.25) is 0 Å². The first-order valence-corrected chi connectivity index (χ1v) is 10.2. The molecular formula is C23H29N3. The van der Waals surface area contributed by atoms with E-state index in [2.05, 4.69) is 65.2 Å². The molecule has 2 saturated carbocycles. The molecule has 2 aromatic carbocycles. The van der Waals surface area contributed by atoms with Gasteiger partial charge in [-0.3, -0.25) is 0 Å². The normalized spacial score (nSPS) is 35.9. The first kappa shape index (κ1) is 16.5. The molecule has 0 spiro atoms. The van der Waals surface area contributed by atoms with Crippen LogP contribution in [-0.2, 0) is 0 Å². The number of nitrogens with one attached hydrogen (secondary N) is 2. The molecule has 1 aliphatic heterocycles. The summed E-state index contributed by atoms with van der Waals surface area (Å²) < 4.78 is 0. The quantitative estimate of drug-likeness (QED) is 0.776. The smallest absolute Gasteiger partial charge is 0.0335 e. The van der Waals surface area contributed by atoms with E-state index in [4.69, 9.17) is 5.73 Å². The largest absolute Gasteiger partial charge is 0.327 e. The minimum absolute atomic E-state index is 0.387. The molecule has 2 unspecified atom stereocenters. The zero-order valence-electron chi connectivity index (χ0n) is 15.3. The average molecular weight is 348 g/mol. The lowest BCUT2D eigenvalue weighted by Gasteiger charge is -2.31. The van der Waals surface area contributed by atoms with E-state index in [-0.39, 0.29) is 0 Å². The minimum atomic E-state index is 0.387. The Morgan fingerprint density at radius 2 is 1.50 bits per heavy atom. The lowest BCUT2D eigenvalue weighted by atomic mass is 9.92. The Bertz CT molecular complexity index is 742. The Kier molecular flexibility index (Phi) is 4.32. The molecule has 3 heteroatoms. The van der Waals surface area contributed by atoms with Gasteiger partial charge in [0.15, 0.2) is 0 Å². The van der Waals surface area contributed by atoms with Gasteiger partial charge in [-0.05, 0) is 48.9 Å². The molecule has 2 aromatic rings. The van der Waals surface area contributed by atoms with Crippen LogP contribution < -0.4 is 16.4 Å². The second kappa shape index (κ2) is 6.80. The van der Waals surface area contributed by atoms with Gasteiger partial charge in [0.1, 0.15) is 0 Å². The van der Waals surface area contributed by atoms with Crippen molar-refractivity contribution in [3.8, 4) is 0 Å². The standard InChI is InChI=1S/C23H29N3/c24-21-13-19(21)16-6-8-17(9-7-16)22-12-18(10-11-25-22)26-23-14-20(23)15-4-2-1-3-5-15/h1-9,18-23,25-26H,10-14,24H2/t18?,19-,20+,21+,22?,23-/m1/s1. The molecule has 3 nitrogen and oxygen atoms in total. The van der Waals surface area contributed by atoms with Gasteiger partial charge in [-0.25, -0.2) is 0 Å². The maximum atomic E-state index is 5.98. The maximum Gasteiger partial charge on any atom is 0.0335 e. The molecule has 3 aliphatic rings. The van der Waals surface area contributed by atoms with E-state index in [9.17, 15) is 0 Å². The average Bonchev–Trinajstić information content (AvgIpc) is 3.61. The molecular weight excluding hydrogens is 318 g/mol. The fourth-order valence-corrected chi connectivity index (χ4v) is 4.65. The summed E-state index contributed by atoms with van der Waals surface area (Å²) in [5.41, 5.74) is 10.3. The summed E-state index contributed by atoms with van der Waals surface area (Å²) in [6.45, 7) is 1.10. The molecule has 136 valence electrons. The van der Waals surface area contributed by atoms with Crippen LogP contribution in [-0.4, -0.2) is 24.7 Å². The van der Waals surface area contributed by atoms with Crippen LogP contribution in [0.4, 0.5) is 0 Å². The summed E-state index contributed by atoms with van der Waals surface area (Å²) >= 11 is 0. The lowest BCUT2D eigenvalue weighted by molar-refractivity contribution is 0.320. The van der Waals surface area contributed by atoms with Crippen molar-refractivity contribution in [3.05, 3.63) is 71.3 Å². The van der Waals surface area contributed by atoms with E-state index in [0.717, 1.165) is 13.0 Å². The molecule has 26 heavy (non-hydrogen) atoms. The third-order valence-electron chi connectivity index (χ3n) is 6.48. The number of hydrogen-bond acceptors (Lipinski definition) is 3. The highest BCUT2D eigenvalue weighted by Crippen LogP contribution is 2.42. The van der Waals surface area contributed by atoms with Crippen molar-refractivity contribution in [2.75, 3.05) is 6.54 Å². The molecule has 0 amide bonds. The van der Waals surface area contributed by atoms with Gasteiger partial charge in [0.2, 0.25) is 0 Å². The molecule has 0 bridgehead atoms. The zero-order valence-corrected chi connectivity index (χ0v) is 15.3. The van der Waals surface area contributed by atoms with Gasteiger partial charge in [0.25, 0.3) is 0 Å². The van der Waals surface area contributed by atoms with Crippen molar-refractivity contribution in [1.82, 2.24) is 10.6 Å². The molecule has 3 fully saturated rings. The number of benzene rings is 2. The Hall–Kier alpha value is -1.68. The van der Waals surface area contributed by atoms with E-state index in [0.29, 0.717) is 36.0 Å². The van der Waals surface area contributed by atoms with Crippen LogP contribution in [0, 0.1) is 0 Å². The van der Waals surface area contributed by atoms with Crippen LogP contribution in [0.15, 0.2) is 54.6 Å². The first-order valence-electron chi connectivity index (χ1n) is 10.2. The molecule has 2 aliphatic carbocycles. The van der Waals surface area contributed by atoms with Crippen molar-refractivity contribution < 1.29 is 0 Å². The third kappa shape index (κ3) is 3.44. The van der Waals surface area contributed by atoms with Crippen LogP contribution in [0.1, 0.15) is 60.3 Å². The molecule has 0 aromatic heterocycles. The molecule has 6 atom stereocenters. The highest BCUT2D eigenvalue weighted by atomic mass is 15.0. The number of piperidine rings is 1. The molecule has 1 saturated heterocycles. The van der Waals surface area contributed by atoms with Gasteiger partial charge >= 0.3 is 0 Å². The maximum absolute atomic E-state index is 5.98. The summed E-state index contributed by atoms with van der Waals surface area (Å²) in [5, 5.41) is 7.64. The van der Waals surface area contributed by atoms with E-state index in [1.54, 1.807) is 0 Å². The molecule has 5 rings (SSSR count). The van der Waals surface area contributed by atoms with Gasteiger partial charge < -0.3 is 16.4 Å². The number of nitrogens with two attached hydrogens (primary N) is 1. The van der Waals surface area contributed by atoms with Crippen molar-refractivity contribution in [2.24, 2.45) is 5.73 Å². The highest BCUT2D eigenvalue weighted by molar-refractivity contribution is 5.32. The number of rotatable bonds is 5. The summed E-state index contributed by atoms with van der Waals surface area (Å²) in [5.74, 6) is 1.31. The molecule has 4 N–H and O–H groups in total. The predicted molar refractivity (Wildman–Crippen MR) is 106 cm³/mol. The summed E-state index contributed by atoms with van der Waals surface area (Å²) in [6, 6.07) is 22.3. The lowest BCUT2D eigenvalue weighted by Crippen LogP contribution is -2.43. The molecule has 1 heterocycles. The van der Waals surface area contributed by atoms with E-state index in [1.165, 1.54) is 36.0 Å². The van der Waals surface area contributed by atoms with E-state index < -0.39 is 0 Å². The van der Waals surface area contributed by atoms with Crippen molar-refractivity contribution in [3.63, 3.8) is 0 Å². The Balaban J connectivity index is 1.18. The fraction of sp³-hybridized carbons (Fsp3) is 0.478. The Morgan fingerprint density at radius 3 is 2.23 bits per heavy atom. The van der Waals surface area contributed by atoms with Gasteiger partial charge in [-0.15, -0.1) is 0 Å². The number of hydrogen-bond donors (Lipinski definition) is 3. The second-order valence-electron chi connectivity index (χ2n) is 8.43. The van der Waals surface area contributed by atoms with Gasteiger partial charge in [0, 0.05) is 36.0 Å². The predicted octanol–water partition coefficient (Wildman–Crippen LogP) is 3.44. The third-order valence-corrected chi connectivity index (χ3v) is 6.48. The summed E-state index contributed by atoms with van der Waals surface area (Å²) in [6.07, 6.45) is 4.84. The topological polar surface area (TPSA) is 50.1 Å². The van der Waals surface area contributed by atoms with Crippen molar-refractivity contribution in [1.29, 1.82) is 0 Å². The van der Waals surface area contributed by atoms with Crippen molar-refractivity contribution >= 4 is 0 Å². The van der Waals surface area contributed by atoms with E-state index in [1.807, 2.05) is 0 Å². The minimum Gasteiger partial charge on any atom is -0.327 e. The van der Waals surface area contributed by atoms with Gasteiger partial charge in [-0.1, -0.05) is 54.6 Å². The van der Waals surface area contributed by atoms with Crippen molar-refractivity contribution in [2.45, 2.75) is 61.7 Å². The Labute approximate surface area is 156 Å². The van der Waals surface area contributed by atoms with E-state index >= 15 is 0 Å². The van der Waals surface area contributed by atoms with Crippen LogP contribution in [0.3, 0.4) is 0 Å². The zero-order chi connectivity index (χ0) is 17.5. The summed E-state index contributed by atoms with van der Waals surface area (Å²) in [4.78, 5) is 0. The first-order chi connectivity index (χ1) is 12.8. The van der Waals surface area contributed by atoms with Crippen LogP contribution >= 0.6 is 0 Å².